The predicted octanol–water partition coefficient (Wildman–Crippen LogP) is 20.7. The van der Waals surface area contributed by atoms with Crippen LogP contribution < -0.4 is 0 Å². The Kier molecular flexibility index (Phi) is 36.6. The predicted molar refractivity (Wildman–Crippen MR) is 290 cm³/mol. The van der Waals surface area contributed by atoms with Gasteiger partial charge in [-0.15, -0.1) is 0 Å². The molecular weight excluding hydrogens is 757 g/mol. The molecular formula is C63H94. The average molecular weight is 851 g/mol. The van der Waals surface area contributed by atoms with Crippen molar-refractivity contribution >= 4 is 24.3 Å². The van der Waals surface area contributed by atoms with Crippen LogP contribution in [0.4, 0.5) is 0 Å². The van der Waals surface area contributed by atoms with Gasteiger partial charge in [-0.2, -0.15) is 0 Å². The van der Waals surface area contributed by atoms with E-state index < -0.39 is 0 Å². The molecule has 0 saturated heterocycles. The molecule has 0 N–H and O–H groups in total. The maximum atomic E-state index is 3.77. The molecule has 1 unspecified atom stereocenters. The highest BCUT2D eigenvalue weighted by Gasteiger charge is 2.04. The Hall–Kier alpha value is -4.16. The molecule has 1 atom stereocenters. The zero-order chi connectivity index (χ0) is 46.0. The summed E-state index contributed by atoms with van der Waals surface area (Å²) >= 11 is 0. The van der Waals surface area contributed by atoms with Gasteiger partial charge in [-0.3, -0.25) is 0 Å². The highest BCUT2D eigenvalue weighted by molar-refractivity contribution is 5.49. The number of hydrogen-bond acceptors (Lipinski definition) is 0. The van der Waals surface area contributed by atoms with Crippen molar-refractivity contribution in [3.05, 3.63) is 168 Å². The molecule has 0 heterocycles. The number of benzene rings is 4. The van der Waals surface area contributed by atoms with Crippen LogP contribution in [0.25, 0.3) is 24.3 Å². The molecule has 4 aromatic rings. The Balaban J connectivity index is 0.000000421. The van der Waals surface area contributed by atoms with E-state index in [1.807, 2.05) is 24.3 Å². The van der Waals surface area contributed by atoms with Gasteiger partial charge in [0.1, 0.15) is 0 Å². The van der Waals surface area contributed by atoms with E-state index in [1.165, 1.54) is 205 Å². The first-order valence-corrected chi connectivity index (χ1v) is 25.7. The fraction of sp³-hybridized carbons (Fsp3) is 0.492. The van der Waals surface area contributed by atoms with E-state index in [2.05, 4.69) is 158 Å². The number of rotatable bonds is 30. The summed E-state index contributed by atoms with van der Waals surface area (Å²) in [6, 6.07) is 35.0. The lowest BCUT2D eigenvalue weighted by Gasteiger charge is -2.11. The summed E-state index contributed by atoms with van der Waals surface area (Å²) in [5.74, 6) is 0.690. The molecule has 0 fully saturated rings. The molecule has 0 bridgehead atoms. The fourth-order valence-corrected chi connectivity index (χ4v) is 7.62. The third kappa shape index (κ3) is 30.5. The van der Waals surface area contributed by atoms with Gasteiger partial charge in [-0.25, -0.2) is 0 Å². The van der Waals surface area contributed by atoms with Crippen LogP contribution in [0.5, 0.6) is 0 Å². The molecule has 0 heteroatoms. The Morgan fingerprint density at radius 2 is 0.556 bits per heavy atom. The van der Waals surface area contributed by atoms with Gasteiger partial charge >= 0.3 is 0 Å². The molecule has 346 valence electrons. The van der Waals surface area contributed by atoms with Gasteiger partial charge < -0.3 is 0 Å². The van der Waals surface area contributed by atoms with Crippen LogP contribution in [0.2, 0.25) is 0 Å². The molecule has 0 radical (unpaired) electrons. The highest BCUT2D eigenvalue weighted by Crippen LogP contribution is 2.22. The summed E-state index contributed by atoms with van der Waals surface area (Å²) in [5.41, 5.74) is 10.7. The van der Waals surface area contributed by atoms with Gasteiger partial charge in [0, 0.05) is 0 Å². The van der Waals surface area contributed by atoms with E-state index in [9.17, 15) is 0 Å². The fourth-order valence-electron chi connectivity index (χ4n) is 7.62. The second kappa shape index (κ2) is 40.6. The van der Waals surface area contributed by atoms with Gasteiger partial charge in [-0.05, 0) is 95.4 Å². The Morgan fingerprint density at radius 1 is 0.317 bits per heavy atom. The van der Waals surface area contributed by atoms with E-state index in [-0.39, 0.29) is 0 Å². The van der Waals surface area contributed by atoms with Gasteiger partial charge in [0.25, 0.3) is 0 Å². The minimum atomic E-state index is 0.690. The third-order valence-electron chi connectivity index (χ3n) is 12.1. The molecule has 4 aromatic carbocycles. The van der Waals surface area contributed by atoms with Crippen LogP contribution in [0.15, 0.2) is 123 Å². The van der Waals surface area contributed by atoms with Crippen LogP contribution in [-0.2, 0) is 19.3 Å². The van der Waals surface area contributed by atoms with Crippen molar-refractivity contribution < 1.29 is 0 Å². The molecule has 0 spiro atoms. The molecule has 0 aromatic heterocycles. The summed E-state index contributed by atoms with van der Waals surface area (Å²) in [7, 11) is 0. The minimum absolute atomic E-state index is 0.690. The molecule has 4 rings (SSSR count). The van der Waals surface area contributed by atoms with Crippen LogP contribution >= 0.6 is 0 Å². The highest BCUT2D eigenvalue weighted by atomic mass is 14.1. The first kappa shape index (κ1) is 56.9. The van der Waals surface area contributed by atoms with Gasteiger partial charge in [0.15, 0.2) is 0 Å². The summed E-state index contributed by atoms with van der Waals surface area (Å²) in [5, 5.41) is 0. The van der Waals surface area contributed by atoms with Gasteiger partial charge in [0.05, 0.1) is 0 Å². The van der Waals surface area contributed by atoms with E-state index in [1.54, 1.807) is 0 Å². The Morgan fingerprint density at radius 3 is 0.825 bits per heavy atom. The van der Waals surface area contributed by atoms with Crippen LogP contribution in [0.1, 0.15) is 226 Å². The van der Waals surface area contributed by atoms with E-state index in [0.717, 1.165) is 0 Å². The zero-order valence-electron chi connectivity index (χ0n) is 41.6. The van der Waals surface area contributed by atoms with Crippen molar-refractivity contribution in [2.45, 2.75) is 201 Å². The number of unbranched alkanes of at least 4 members (excludes halogenated alkanes) is 17. The lowest BCUT2D eigenvalue weighted by molar-refractivity contribution is 0.589. The number of hydrogen-bond donors (Lipinski definition) is 0. The zero-order valence-corrected chi connectivity index (χ0v) is 41.6. The maximum Gasteiger partial charge on any atom is -0.0190 e. The van der Waals surface area contributed by atoms with E-state index in [4.69, 9.17) is 0 Å². The Bertz CT molecular complexity index is 1630. The summed E-state index contributed by atoms with van der Waals surface area (Å²) < 4.78 is 0. The van der Waals surface area contributed by atoms with Crippen LogP contribution in [0, 0.1) is 0 Å². The lowest BCUT2D eigenvalue weighted by atomic mass is 9.94. The first-order chi connectivity index (χ1) is 30.9. The smallest absolute Gasteiger partial charge is 0.0190 e. The molecule has 0 aliphatic carbocycles. The largest absolute Gasteiger partial charge is 0.0985 e. The standard InChI is InChI=1S/C17H26.C16H24.2C15H22/c1-3-5-6-7-8-9-10-11-17-14-12-16(4-2)13-15-17;1-3-5-6-7-8-9-10-16-13-11-15(4-2)12-14-16;1-4-6-7-8-13(3)15-11-9-14(5-2)10-12-15;1-3-5-6-7-8-9-15-12-10-14(4-2)11-13-15/h4,12-15H,2-3,5-11H2,1H3;4,11-14H,2-3,5-10H2,1H3;5,9-13H,2,4,6-8H2,1,3H3;4,10-13H,2-3,5-9H2,1H3. The SMILES string of the molecule is C=Cc1ccc(C(C)CCCCC)cc1.C=Cc1ccc(CCCCCCC)cc1.C=Cc1ccc(CCCCCCCC)cc1.C=Cc1ccc(CCCCCCCCC)cc1. The molecule has 0 aliphatic heterocycles. The summed E-state index contributed by atoms with van der Waals surface area (Å²) in [6.07, 6.45) is 41.3. The number of aryl methyl sites for hydroxylation is 3. The third-order valence-corrected chi connectivity index (χ3v) is 12.1. The minimum Gasteiger partial charge on any atom is -0.0985 e. The first-order valence-electron chi connectivity index (χ1n) is 25.7. The maximum absolute atomic E-state index is 3.77. The quantitative estimate of drug-likeness (QED) is 0.0459. The van der Waals surface area contributed by atoms with Crippen molar-refractivity contribution in [3.63, 3.8) is 0 Å². The lowest BCUT2D eigenvalue weighted by Crippen LogP contribution is -1.93. The molecule has 0 nitrogen and oxygen atoms in total. The molecule has 63 heavy (non-hydrogen) atoms. The van der Waals surface area contributed by atoms with Crippen molar-refractivity contribution in [1.82, 2.24) is 0 Å². The van der Waals surface area contributed by atoms with Crippen LogP contribution in [0.3, 0.4) is 0 Å². The monoisotopic (exact) mass is 851 g/mol. The average Bonchev–Trinajstić information content (AvgIpc) is 3.33. The van der Waals surface area contributed by atoms with E-state index in [0.29, 0.717) is 5.92 Å². The van der Waals surface area contributed by atoms with Crippen molar-refractivity contribution in [2.24, 2.45) is 0 Å². The molecule has 0 saturated carbocycles. The van der Waals surface area contributed by atoms with Crippen molar-refractivity contribution in [1.29, 1.82) is 0 Å². The van der Waals surface area contributed by atoms with Crippen molar-refractivity contribution in [2.75, 3.05) is 0 Å². The van der Waals surface area contributed by atoms with Crippen LogP contribution in [-0.4, -0.2) is 0 Å². The second-order valence-electron chi connectivity index (χ2n) is 17.7. The van der Waals surface area contributed by atoms with Crippen molar-refractivity contribution in [3.8, 4) is 0 Å². The topological polar surface area (TPSA) is 0 Å². The summed E-state index contributed by atoms with van der Waals surface area (Å²) in [4.78, 5) is 0. The molecule has 0 amide bonds. The van der Waals surface area contributed by atoms with Gasteiger partial charge in [-0.1, -0.05) is 298 Å². The van der Waals surface area contributed by atoms with E-state index >= 15 is 0 Å². The Labute approximate surface area is 391 Å². The normalized spacial score (nSPS) is 10.8. The molecule has 0 aliphatic rings. The summed E-state index contributed by atoms with van der Waals surface area (Å²) in [6.45, 7) is 26.4. The van der Waals surface area contributed by atoms with Gasteiger partial charge in [0.2, 0.25) is 0 Å². The second-order valence-corrected chi connectivity index (χ2v) is 17.7.